The summed E-state index contributed by atoms with van der Waals surface area (Å²) in [6, 6.07) is 21.7. The lowest BCUT2D eigenvalue weighted by molar-refractivity contribution is 0.143. The number of fused-ring (bicyclic) bond motifs is 3. The number of amides is 1. The van der Waals surface area contributed by atoms with Gasteiger partial charge in [0, 0.05) is 30.1 Å². The van der Waals surface area contributed by atoms with Crippen molar-refractivity contribution in [1.29, 1.82) is 0 Å². The minimum atomic E-state index is -0.441. The average Bonchev–Trinajstić information content (AvgIpc) is 3.07. The van der Waals surface area contributed by atoms with Gasteiger partial charge in [0.25, 0.3) is 0 Å². The molecule has 30 heavy (non-hydrogen) atoms. The Balaban J connectivity index is 1.29. The molecule has 0 bridgehead atoms. The molecule has 4 nitrogen and oxygen atoms in total. The fourth-order valence-corrected chi connectivity index (χ4v) is 3.90. The molecule has 0 saturated carbocycles. The Hall–Kier alpha value is -3.42. The molecule has 3 aromatic carbocycles. The minimum absolute atomic E-state index is 0.0515. The fraction of sp³-hybridized carbons (Fsp3) is 0.160. The van der Waals surface area contributed by atoms with Crippen LogP contribution in [-0.2, 0) is 4.74 Å². The molecule has 0 saturated heterocycles. The third-order valence-electron chi connectivity index (χ3n) is 5.08. The van der Waals surface area contributed by atoms with Crippen molar-refractivity contribution in [2.45, 2.75) is 12.3 Å². The summed E-state index contributed by atoms with van der Waals surface area (Å²) in [5.74, 6) is 6.03. The summed E-state index contributed by atoms with van der Waals surface area (Å²) >= 11 is 6.10. The van der Waals surface area contributed by atoms with E-state index >= 15 is 0 Å². The van der Waals surface area contributed by atoms with Crippen LogP contribution in [0.15, 0.2) is 66.7 Å². The first-order valence-corrected chi connectivity index (χ1v) is 10.1. The Morgan fingerprint density at radius 3 is 2.37 bits per heavy atom. The Labute approximate surface area is 181 Å². The van der Waals surface area contributed by atoms with E-state index in [2.05, 4.69) is 41.4 Å². The summed E-state index contributed by atoms with van der Waals surface area (Å²) in [5.41, 5.74) is 11.8. The number of alkyl carbamates (subject to hydrolysis) is 1. The Morgan fingerprint density at radius 1 is 1.03 bits per heavy atom. The summed E-state index contributed by atoms with van der Waals surface area (Å²) in [4.78, 5) is 12.1. The number of hydrogen-bond acceptors (Lipinski definition) is 3. The topological polar surface area (TPSA) is 64.3 Å². The maximum atomic E-state index is 12.1. The summed E-state index contributed by atoms with van der Waals surface area (Å²) in [6.45, 7) is 0.697. The largest absolute Gasteiger partial charge is 0.449 e. The summed E-state index contributed by atoms with van der Waals surface area (Å²) in [6.07, 6.45) is 0.0504. The molecule has 0 fully saturated rings. The summed E-state index contributed by atoms with van der Waals surface area (Å²) < 4.78 is 5.50. The van der Waals surface area contributed by atoms with Gasteiger partial charge in [-0.25, -0.2) is 4.79 Å². The molecule has 0 unspecified atom stereocenters. The summed E-state index contributed by atoms with van der Waals surface area (Å²) in [5, 5.41) is 3.27. The van der Waals surface area contributed by atoms with Crippen LogP contribution < -0.4 is 11.1 Å². The molecule has 0 radical (unpaired) electrons. The third kappa shape index (κ3) is 4.27. The molecular formula is C25H21ClN2O2. The zero-order chi connectivity index (χ0) is 20.9. The highest BCUT2D eigenvalue weighted by atomic mass is 35.5. The number of nitrogens with one attached hydrogen (secondary N) is 1. The molecule has 0 spiro atoms. The van der Waals surface area contributed by atoms with Crippen molar-refractivity contribution in [3.63, 3.8) is 0 Å². The molecule has 3 N–H and O–H groups in total. The van der Waals surface area contributed by atoms with E-state index in [1.54, 1.807) is 18.2 Å². The van der Waals surface area contributed by atoms with E-state index in [9.17, 15) is 4.79 Å². The van der Waals surface area contributed by atoms with Gasteiger partial charge in [0.2, 0.25) is 0 Å². The highest BCUT2D eigenvalue weighted by Gasteiger charge is 2.28. The van der Waals surface area contributed by atoms with Crippen molar-refractivity contribution in [2.24, 2.45) is 0 Å². The van der Waals surface area contributed by atoms with Crippen molar-refractivity contribution in [1.82, 2.24) is 5.32 Å². The molecule has 150 valence electrons. The number of ether oxygens (including phenoxy) is 1. The zero-order valence-electron chi connectivity index (χ0n) is 16.3. The van der Waals surface area contributed by atoms with E-state index in [4.69, 9.17) is 22.1 Å². The lowest BCUT2D eigenvalue weighted by Crippen LogP contribution is -2.26. The van der Waals surface area contributed by atoms with Crippen LogP contribution in [0.2, 0.25) is 5.02 Å². The number of nitrogen functional groups attached to an aromatic ring is 1. The molecule has 0 heterocycles. The maximum Gasteiger partial charge on any atom is 0.407 e. The van der Waals surface area contributed by atoms with E-state index in [1.165, 1.54) is 22.3 Å². The standard InChI is InChI=1S/C25H21ClN2O2/c26-24-15-18(27)13-12-17(24)7-5-6-14-28-25(29)30-16-23-21-10-3-1-8-19(21)20-9-2-4-11-22(20)23/h1-4,8-13,15,23H,6,14,16,27H2,(H,28,29). The summed E-state index contributed by atoms with van der Waals surface area (Å²) in [7, 11) is 0. The molecule has 1 aliphatic rings. The second-order valence-corrected chi connectivity index (χ2v) is 7.45. The smallest absolute Gasteiger partial charge is 0.407 e. The molecule has 0 aliphatic heterocycles. The molecule has 0 atom stereocenters. The molecule has 4 rings (SSSR count). The van der Waals surface area contributed by atoms with Gasteiger partial charge >= 0.3 is 6.09 Å². The van der Waals surface area contributed by atoms with Crippen molar-refractivity contribution < 1.29 is 9.53 Å². The van der Waals surface area contributed by atoms with E-state index in [0.717, 1.165) is 0 Å². The van der Waals surface area contributed by atoms with E-state index < -0.39 is 6.09 Å². The lowest BCUT2D eigenvalue weighted by Gasteiger charge is -2.14. The quantitative estimate of drug-likeness (QED) is 0.349. The maximum absolute atomic E-state index is 12.1. The van der Waals surface area contributed by atoms with Crippen LogP contribution in [0.1, 0.15) is 29.0 Å². The van der Waals surface area contributed by atoms with Gasteiger partial charge < -0.3 is 15.8 Å². The molecule has 5 heteroatoms. The number of rotatable bonds is 4. The van der Waals surface area contributed by atoms with Gasteiger partial charge in [-0.1, -0.05) is 72.0 Å². The van der Waals surface area contributed by atoms with Crippen molar-refractivity contribution >= 4 is 23.4 Å². The van der Waals surface area contributed by atoms with Crippen molar-refractivity contribution in [2.75, 3.05) is 18.9 Å². The van der Waals surface area contributed by atoms with Gasteiger partial charge in [-0.2, -0.15) is 0 Å². The zero-order valence-corrected chi connectivity index (χ0v) is 17.1. The van der Waals surface area contributed by atoms with E-state index in [-0.39, 0.29) is 5.92 Å². The second-order valence-electron chi connectivity index (χ2n) is 7.04. The number of carbonyl (C=O) groups excluding carboxylic acids is 1. The van der Waals surface area contributed by atoms with Crippen LogP contribution in [0.3, 0.4) is 0 Å². The number of anilines is 1. The highest BCUT2D eigenvalue weighted by molar-refractivity contribution is 6.32. The van der Waals surface area contributed by atoms with Gasteiger partial charge in [-0.05, 0) is 40.5 Å². The monoisotopic (exact) mass is 416 g/mol. The number of carbonyl (C=O) groups is 1. The molecule has 1 amide bonds. The average molecular weight is 417 g/mol. The van der Waals surface area contributed by atoms with Gasteiger partial charge in [-0.3, -0.25) is 0 Å². The third-order valence-corrected chi connectivity index (χ3v) is 5.39. The van der Waals surface area contributed by atoms with Crippen molar-refractivity contribution in [3.05, 3.63) is 88.4 Å². The minimum Gasteiger partial charge on any atom is -0.449 e. The first-order valence-electron chi connectivity index (χ1n) is 9.76. The van der Waals surface area contributed by atoms with Gasteiger partial charge in [-0.15, -0.1) is 0 Å². The predicted octanol–water partition coefficient (Wildman–Crippen LogP) is 5.20. The van der Waals surface area contributed by atoms with E-state index in [1.807, 2.05) is 24.3 Å². The second kappa shape index (κ2) is 8.94. The predicted molar refractivity (Wildman–Crippen MR) is 120 cm³/mol. The molecular weight excluding hydrogens is 396 g/mol. The van der Waals surface area contributed by atoms with Crippen LogP contribution in [-0.4, -0.2) is 19.2 Å². The van der Waals surface area contributed by atoms with Crippen LogP contribution in [0.5, 0.6) is 0 Å². The van der Waals surface area contributed by atoms with Gasteiger partial charge in [0.15, 0.2) is 0 Å². The SMILES string of the molecule is Nc1ccc(C#CCCNC(=O)OCC2c3ccccc3-c3ccccc32)c(Cl)c1. The van der Waals surface area contributed by atoms with Crippen LogP contribution >= 0.6 is 11.6 Å². The Bertz CT molecular complexity index is 1100. The number of halogens is 1. The molecule has 1 aliphatic carbocycles. The van der Waals surface area contributed by atoms with Gasteiger partial charge in [0.05, 0.1) is 5.02 Å². The Morgan fingerprint density at radius 2 is 1.70 bits per heavy atom. The lowest BCUT2D eigenvalue weighted by atomic mass is 9.98. The number of benzene rings is 3. The fourth-order valence-electron chi connectivity index (χ4n) is 3.67. The van der Waals surface area contributed by atoms with Crippen molar-refractivity contribution in [3.8, 4) is 23.0 Å². The first kappa shape index (κ1) is 19.9. The van der Waals surface area contributed by atoms with Crippen LogP contribution in [0.4, 0.5) is 10.5 Å². The Kier molecular flexibility index (Phi) is 5.92. The first-order chi connectivity index (χ1) is 14.6. The molecule has 3 aromatic rings. The van der Waals surface area contributed by atoms with Gasteiger partial charge in [0.1, 0.15) is 6.61 Å². The normalized spacial score (nSPS) is 11.8. The van der Waals surface area contributed by atoms with Crippen LogP contribution in [0, 0.1) is 11.8 Å². The number of hydrogen-bond donors (Lipinski definition) is 2. The van der Waals surface area contributed by atoms with Crippen LogP contribution in [0.25, 0.3) is 11.1 Å². The number of nitrogens with two attached hydrogens (primary N) is 1. The molecule has 0 aromatic heterocycles. The van der Waals surface area contributed by atoms with E-state index in [0.29, 0.717) is 35.8 Å². The highest BCUT2D eigenvalue weighted by Crippen LogP contribution is 2.44.